The number of hydrogen-bond donors (Lipinski definition) is 2. The van der Waals surface area contributed by atoms with Crippen molar-refractivity contribution in [3.8, 4) is 0 Å². The smallest absolute Gasteiger partial charge is 0.329 e. The Hall–Kier alpha value is -1.70. The summed E-state index contributed by atoms with van der Waals surface area (Å²) in [7, 11) is 2.10. The zero-order valence-corrected chi connectivity index (χ0v) is 13.8. The quantitative estimate of drug-likeness (QED) is 0.834. The minimum atomic E-state index is -0.182. The van der Waals surface area contributed by atoms with Crippen molar-refractivity contribution in [3.63, 3.8) is 0 Å². The van der Waals surface area contributed by atoms with Crippen LogP contribution in [0, 0.1) is 0 Å². The first-order chi connectivity index (χ1) is 10.5. The van der Waals surface area contributed by atoms with Gasteiger partial charge in [0.05, 0.1) is 0 Å². The first-order valence-electron chi connectivity index (χ1n) is 7.01. The highest BCUT2D eigenvalue weighted by atomic mass is 35.5. The van der Waals surface area contributed by atoms with Crippen LogP contribution in [-0.2, 0) is 0 Å². The highest BCUT2D eigenvalue weighted by molar-refractivity contribution is 7.14. The van der Waals surface area contributed by atoms with Gasteiger partial charge in [-0.2, -0.15) is 4.68 Å². The monoisotopic (exact) mass is 339 g/mol. The third kappa shape index (κ3) is 3.06. The second-order valence-corrected chi connectivity index (χ2v) is 6.69. The molecule has 2 heterocycles. The van der Waals surface area contributed by atoms with Gasteiger partial charge in [-0.3, -0.25) is 4.79 Å². The lowest BCUT2D eigenvalue weighted by molar-refractivity contribution is 0.313. The number of rotatable bonds is 3. The molecule has 1 aromatic heterocycles. The maximum Gasteiger partial charge on any atom is 0.329 e. The Morgan fingerprint density at radius 1 is 1.27 bits per heavy atom. The Bertz CT molecular complexity index is 720. The van der Waals surface area contributed by atoms with Crippen LogP contribution in [-0.4, -0.2) is 42.8 Å². The molecule has 1 aliphatic rings. The van der Waals surface area contributed by atoms with Crippen LogP contribution >= 0.6 is 22.9 Å². The number of nitrogens with one attached hydrogen (secondary N) is 1. The number of halogens is 1. The van der Waals surface area contributed by atoms with Crippen molar-refractivity contribution in [2.45, 2.75) is 0 Å². The van der Waals surface area contributed by atoms with Crippen molar-refractivity contribution in [3.05, 3.63) is 39.0 Å². The SMILES string of the molecule is CN1CCN(c2sc(=O)n(N)c2Nc2cccc(Cl)c2)CC1. The highest BCUT2D eigenvalue weighted by Gasteiger charge is 2.22. The number of thiazole rings is 1. The number of likely N-dealkylation sites (N-methyl/N-ethyl adjacent to an activating group) is 1. The van der Waals surface area contributed by atoms with Gasteiger partial charge in [0.1, 0.15) is 5.00 Å². The van der Waals surface area contributed by atoms with Crippen molar-refractivity contribution in [1.29, 1.82) is 0 Å². The lowest BCUT2D eigenvalue weighted by Crippen LogP contribution is -2.44. The van der Waals surface area contributed by atoms with E-state index in [1.165, 1.54) is 16.0 Å². The lowest BCUT2D eigenvalue weighted by Gasteiger charge is -2.33. The molecule has 0 unspecified atom stereocenters. The Morgan fingerprint density at radius 3 is 2.68 bits per heavy atom. The maximum absolute atomic E-state index is 12.0. The van der Waals surface area contributed by atoms with E-state index in [-0.39, 0.29) is 4.87 Å². The number of anilines is 3. The van der Waals surface area contributed by atoms with Gasteiger partial charge in [-0.25, -0.2) is 0 Å². The summed E-state index contributed by atoms with van der Waals surface area (Å²) in [5.74, 6) is 6.52. The first kappa shape index (κ1) is 15.2. The number of hydrogen-bond acceptors (Lipinski definition) is 6. The van der Waals surface area contributed by atoms with Gasteiger partial charge in [0.2, 0.25) is 0 Å². The summed E-state index contributed by atoms with van der Waals surface area (Å²) in [5.41, 5.74) is 0.805. The molecule has 0 spiro atoms. The van der Waals surface area contributed by atoms with E-state index in [1.54, 1.807) is 12.1 Å². The average Bonchev–Trinajstić information content (AvgIpc) is 2.77. The normalized spacial score (nSPS) is 16.0. The Morgan fingerprint density at radius 2 is 2.00 bits per heavy atom. The van der Waals surface area contributed by atoms with Crippen molar-refractivity contribution >= 4 is 39.4 Å². The first-order valence-corrected chi connectivity index (χ1v) is 8.21. The van der Waals surface area contributed by atoms with E-state index in [1.807, 2.05) is 12.1 Å². The second-order valence-electron chi connectivity index (χ2n) is 5.32. The molecule has 1 saturated heterocycles. The molecule has 1 fully saturated rings. The zero-order chi connectivity index (χ0) is 15.7. The summed E-state index contributed by atoms with van der Waals surface area (Å²) >= 11 is 7.17. The fraction of sp³-hybridized carbons (Fsp3) is 0.357. The summed E-state index contributed by atoms with van der Waals surface area (Å²) in [5, 5.41) is 4.73. The summed E-state index contributed by atoms with van der Waals surface area (Å²) in [6, 6.07) is 7.35. The molecule has 3 rings (SSSR count). The third-order valence-corrected chi connectivity index (χ3v) is 4.95. The van der Waals surface area contributed by atoms with Gasteiger partial charge >= 0.3 is 4.87 Å². The number of benzene rings is 1. The van der Waals surface area contributed by atoms with Crippen LogP contribution in [0.5, 0.6) is 0 Å². The van der Waals surface area contributed by atoms with Crippen LogP contribution in [0.3, 0.4) is 0 Å². The van der Waals surface area contributed by atoms with Gasteiger partial charge in [0.25, 0.3) is 0 Å². The molecule has 0 amide bonds. The fourth-order valence-corrected chi connectivity index (χ4v) is 3.52. The number of aromatic nitrogens is 1. The Labute approximate surface area is 137 Å². The van der Waals surface area contributed by atoms with E-state index in [4.69, 9.17) is 17.4 Å². The predicted molar refractivity (Wildman–Crippen MR) is 93.2 cm³/mol. The molecule has 0 atom stereocenters. The van der Waals surface area contributed by atoms with Crippen molar-refractivity contribution < 1.29 is 0 Å². The van der Waals surface area contributed by atoms with Crippen LogP contribution in [0.2, 0.25) is 5.02 Å². The molecule has 3 N–H and O–H groups in total. The largest absolute Gasteiger partial charge is 0.358 e. The van der Waals surface area contributed by atoms with E-state index in [9.17, 15) is 4.79 Å². The van der Waals surface area contributed by atoms with Crippen LogP contribution in [0.4, 0.5) is 16.5 Å². The van der Waals surface area contributed by atoms with Crippen molar-refractivity contribution in [1.82, 2.24) is 9.58 Å². The number of nitrogens with two attached hydrogens (primary N) is 1. The summed E-state index contributed by atoms with van der Waals surface area (Å²) in [6.45, 7) is 3.68. The van der Waals surface area contributed by atoms with E-state index in [0.29, 0.717) is 10.8 Å². The Kier molecular flexibility index (Phi) is 4.28. The molecule has 22 heavy (non-hydrogen) atoms. The molecule has 0 aliphatic carbocycles. The molecular weight excluding hydrogens is 322 g/mol. The molecule has 8 heteroatoms. The lowest BCUT2D eigenvalue weighted by atomic mass is 10.3. The Balaban J connectivity index is 1.91. The molecule has 0 radical (unpaired) electrons. The van der Waals surface area contributed by atoms with Crippen molar-refractivity contribution in [2.24, 2.45) is 0 Å². The molecule has 6 nitrogen and oxygen atoms in total. The highest BCUT2D eigenvalue weighted by Crippen LogP contribution is 2.32. The standard InChI is InChI=1S/C14H18ClN5OS/c1-18-5-7-19(8-6-18)13-12(20(16)14(21)22-13)17-11-4-2-3-10(15)9-11/h2-4,9,17H,5-8,16H2,1H3. The third-order valence-electron chi connectivity index (χ3n) is 3.70. The molecule has 1 aromatic carbocycles. The minimum Gasteiger partial charge on any atom is -0.358 e. The molecule has 1 aliphatic heterocycles. The summed E-state index contributed by atoms with van der Waals surface area (Å²) in [4.78, 5) is 16.3. The van der Waals surface area contributed by atoms with Crippen LogP contribution in [0.1, 0.15) is 0 Å². The summed E-state index contributed by atoms with van der Waals surface area (Å²) in [6.07, 6.45) is 0. The van der Waals surface area contributed by atoms with Gasteiger partial charge < -0.3 is 21.0 Å². The van der Waals surface area contributed by atoms with Gasteiger partial charge in [-0.15, -0.1) is 0 Å². The topological polar surface area (TPSA) is 66.5 Å². The fourth-order valence-electron chi connectivity index (χ4n) is 2.42. The van der Waals surface area contributed by atoms with Crippen LogP contribution in [0.25, 0.3) is 0 Å². The van der Waals surface area contributed by atoms with Gasteiger partial charge in [0, 0.05) is 36.9 Å². The van der Waals surface area contributed by atoms with Crippen LogP contribution < -0.4 is 20.9 Å². The molecule has 118 valence electrons. The number of nitrogen functional groups attached to an aromatic ring is 1. The summed E-state index contributed by atoms with van der Waals surface area (Å²) < 4.78 is 1.17. The number of piperazine rings is 1. The molecule has 2 aromatic rings. The molecular formula is C14H18ClN5OS. The number of nitrogens with zero attached hydrogens (tertiary/aromatic N) is 3. The van der Waals surface area contributed by atoms with E-state index in [0.717, 1.165) is 36.9 Å². The second kappa shape index (κ2) is 6.20. The van der Waals surface area contributed by atoms with E-state index < -0.39 is 0 Å². The maximum atomic E-state index is 12.0. The van der Waals surface area contributed by atoms with Gasteiger partial charge in [0.15, 0.2) is 5.82 Å². The predicted octanol–water partition coefficient (Wildman–Crippen LogP) is 1.77. The molecule has 0 bridgehead atoms. The average molecular weight is 340 g/mol. The zero-order valence-electron chi connectivity index (χ0n) is 12.3. The van der Waals surface area contributed by atoms with E-state index in [2.05, 4.69) is 22.2 Å². The van der Waals surface area contributed by atoms with Gasteiger partial charge in [-0.1, -0.05) is 29.0 Å². The van der Waals surface area contributed by atoms with E-state index >= 15 is 0 Å². The minimum absolute atomic E-state index is 0.182. The van der Waals surface area contributed by atoms with Crippen LogP contribution in [0.15, 0.2) is 29.1 Å². The molecule has 0 saturated carbocycles. The van der Waals surface area contributed by atoms with Crippen molar-refractivity contribution in [2.75, 3.05) is 49.3 Å². The van der Waals surface area contributed by atoms with Gasteiger partial charge in [-0.05, 0) is 25.2 Å².